The summed E-state index contributed by atoms with van der Waals surface area (Å²) in [6.45, 7) is 1.87. The number of hydrogen-bond acceptors (Lipinski definition) is 2. The molecule has 5 nitrogen and oxygen atoms in total. The zero-order chi connectivity index (χ0) is 17.5. The predicted octanol–water partition coefficient (Wildman–Crippen LogP) is 3.39. The Morgan fingerprint density at radius 2 is 1.84 bits per heavy atom. The Hall–Kier alpha value is -2.79. The first-order chi connectivity index (χ1) is 11.9. The molecule has 1 aromatic heterocycles. The summed E-state index contributed by atoms with van der Waals surface area (Å²) in [5.74, 6) is -0.185. The van der Waals surface area contributed by atoms with Crippen LogP contribution in [0.2, 0.25) is 5.02 Å². The topological polar surface area (TPSA) is 54.3 Å². The molecule has 0 aliphatic carbocycles. The van der Waals surface area contributed by atoms with Crippen molar-refractivity contribution in [1.29, 1.82) is 0 Å². The SMILES string of the molecule is Cc1cc2cc(Cl)cc3c2n1C(=O)NC31C(=O)N(C)c2ccccc21. The Bertz CT molecular complexity index is 1120. The Morgan fingerprint density at radius 1 is 1.08 bits per heavy atom. The molecule has 3 heterocycles. The minimum Gasteiger partial charge on any atom is -0.315 e. The standard InChI is InChI=1S/C19H14ClN3O2/c1-10-7-11-8-12(20)9-14-16(11)23(10)18(25)21-19(14)13-5-3-4-6-15(13)22(2)17(19)24/h3-9H,1-2H3,(H,21,25). The second-order valence-corrected chi connectivity index (χ2v) is 7.01. The van der Waals surface area contributed by atoms with Crippen molar-refractivity contribution in [2.24, 2.45) is 0 Å². The van der Waals surface area contributed by atoms with Crippen LogP contribution >= 0.6 is 11.6 Å². The number of para-hydroxylation sites is 1. The van der Waals surface area contributed by atoms with Crippen LogP contribution in [0.3, 0.4) is 0 Å². The fourth-order valence-electron chi connectivity index (χ4n) is 4.22. The fourth-order valence-corrected chi connectivity index (χ4v) is 4.44. The van der Waals surface area contributed by atoms with Crippen LogP contribution in [0.5, 0.6) is 0 Å². The molecule has 3 aromatic rings. The quantitative estimate of drug-likeness (QED) is 0.675. The largest absolute Gasteiger partial charge is 0.327 e. The van der Waals surface area contributed by atoms with Crippen LogP contribution in [0.25, 0.3) is 10.9 Å². The van der Waals surface area contributed by atoms with Crippen molar-refractivity contribution in [2.75, 3.05) is 11.9 Å². The molecule has 1 spiro atoms. The number of aromatic nitrogens is 1. The number of carbonyl (C=O) groups is 2. The van der Waals surface area contributed by atoms with Crippen molar-refractivity contribution in [1.82, 2.24) is 9.88 Å². The van der Waals surface area contributed by atoms with Gasteiger partial charge in [-0.25, -0.2) is 4.79 Å². The van der Waals surface area contributed by atoms with Gasteiger partial charge >= 0.3 is 6.03 Å². The number of amides is 2. The van der Waals surface area contributed by atoms with Crippen LogP contribution in [0.1, 0.15) is 16.8 Å². The van der Waals surface area contributed by atoms with Crippen LogP contribution in [-0.2, 0) is 10.3 Å². The lowest BCUT2D eigenvalue weighted by Crippen LogP contribution is -2.57. The van der Waals surface area contributed by atoms with Gasteiger partial charge in [0.25, 0.3) is 5.91 Å². The summed E-state index contributed by atoms with van der Waals surface area (Å²) in [4.78, 5) is 27.8. The predicted molar refractivity (Wildman–Crippen MR) is 96.2 cm³/mol. The first-order valence-electron chi connectivity index (χ1n) is 7.97. The summed E-state index contributed by atoms with van der Waals surface area (Å²) in [5, 5.41) is 4.37. The molecule has 6 heteroatoms. The van der Waals surface area contributed by atoms with Crippen molar-refractivity contribution >= 4 is 40.1 Å². The maximum absolute atomic E-state index is 13.3. The molecular weight excluding hydrogens is 338 g/mol. The third-order valence-corrected chi connectivity index (χ3v) is 5.46. The Kier molecular flexibility index (Phi) is 2.58. The second kappa shape index (κ2) is 4.43. The van der Waals surface area contributed by atoms with Gasteiger partial charge in [0.05, 0.1) is 5.52 Å². The third-order valence-electron chi connectivity index (χ3n) is 5.24. The van der Waals surface area contributed by atoms with Gasteiger partial charge in [-0.05, 0) is 31.2 Å². The maximum Gasteiger partial charge on any atom is 0.327 e. The maximum atomic E-state index is 13.3. The molecule has 124 valence electrons. The molecule has 25 heavy (non-hydrogen) atoms. The molecule has 0 saturated carbocycles. The minimum atomic E-state index is -1.24. The van der Waals surface area contributed by atoms with Crippen molar-refractivity contribution < 1.29 is 9.59 Å². The molecular formula is C19H14ClN3O2. The van der Waals surface area contributed by atoms with Crippen molar-refractivity contribution in [2.45, 2.75) is 12.5 Å². The summed E-state index contributed by atoms with van der Waals surface area (Å²) in [7, 11) is 1.72. The number of anilines is 1. The lowest BCUT2D eigenvalue weighted by atomic mass is 9.82. The number of carbonyl (C=O) groups excluding carboxylic acids is 2. The van der Waals surface area contributed by atoms with Crippen LogP contribution in [-0.4, -0.2) is 23.6 Å². The van der Waals surface area contributed by atoms with Crippen LogP contribution in [0.15, 0.2) is 42.5 Å². The Labute approximate surface area is 148 Å². The fraction of sp³-hybridized carbons (Fsp3) is 0.158. The van der Waals surface area contributed by atoms with Crippen LogP contribution in [0, 0.1) is 6.92 Å². The van der Waals surface area contributed by atoms with Gasteiger partial charge in [-0.1, -0.05) is 29.8 Å². The molecule has 2 aliphatic rings. The molecule has 1 N–H and O–H groups in total. The molecule has 1 atom stereocenters. The highest BCUT2D eigenvalue weighted by molar-refractivity contribution is 6.32. The number of halogens is 1. The Balaban J connectivity index is 1.99. The number of rotatable bonds is 0. The zero-order valence-electron chi connectivity index (χ0n) is 13.6. The Morgan fingerprint density at radius 3 is 2.64 bits per heavy atom. The van der Waals surface area contributed by atoms with Crippen molar-refractivity contribution in [3.63, 3.8) is 0 Å². The number of nitrogens with one attached hydrogen (secondary N) is 1. The molecule has 0 saturated heterocycles. The highest BCUT2D eigenvalue weighted by atomic mass is 35.5. The van der Waals surface area contributed by atoms with Gasteiger partial charge in [0.1, 0.15) is 0 Å². The molecule has 0 fully saturated rings. The number of benzene rings is 2. The minimum absolute atomic E-state index is 0.185. The average Bonchev–Trinajstić information content (AvgIpc) is 3.02. The normalized spacial score (nSPS) is 21.2. The molecule has 2 aromatic carbocycles. The summed E-state index contributed by atoms with van der Waals surface area (Å²) >= 11 is 6.35. The van der Waals surface area contributed by atoms with Gasteiger partial charge in [-0.2, -0.15) is 0 Å². The van der Waals surface area contributed by atoms with E-state index in [1.54, 1.807) is 22.6 Å². The van der Waals surface area contributed by atoms with Gasteiger partial charge in [-0.15, -0.1) is 0 Å². The number of fused-ring (bicyclic) bond motifs is 3. The van der Waals surface area contributed by atoms with Crippen LogP contribution in [0.4, 0.5) is 10.5 Å². The van der Waals surface area contributed by atoms with Gasteiger partial charge < -0.3 is 10.2 Å². The summed E-state index contributed by atoms with van der Waals surface area (Å²) in [6, 6.07) is 12.7. The number of aryl methyl sites for hydroxylation is 1. The first-order valence-corrected chi connectivity index (χ1v) is 8.35. The number of likely N-dealkylation sites (N-methyl/N-ethyl adjacent to an activating group) is 1. The van der Waals surface area contributed by atoms with E-state index in [9.17, 15) is 9.59 Å². The summed E-state index contributed by atoms with van der Waals surface area (Å²) in [5.41, 5.74) is 2.57. The molecule has 1 unspecified atom stereocenters. The van der Waals surface area contributed by atoms with Gasteiger partial charge in [0.15, 0.2) is 5.54 Å². The van der Waals surface area contributed by atoms with Crippen LogP contribution < -0.4 is 10.2 Å². The van der Waals surface area contributed by atoms with E-state index in [-0.39, 0.29) is 11.9 Å². The lowest BCUT2D eigenvalue weighted by Gasteiger charge is -2.35. The smallest absolute Gasteiger partial charge is 0.315 e. The second-order valence-electron chi connectivity index (χ2n) is 6.57. The van der Waals surface area contributed by atoms with E-state index in [2.05, 4.69) is 5.32 Å². The van der Waals surface area contributed by atoms with E-state index >= 15 is 0 Å². The van der Waals surface area contributed by atoms with Gasteiger partial charge in [0, 0.05) is 40.0 Å². The molecule has 0 radical (unpaired) electrons. The highest BCUT2D eigenvalue weighted by Gasteiger charge is 2.55. The average molecular weight is 352 g/mol. The summed E-state index contributed by atoms with van der Waals surface area (Å²) in [6.07, 6.45) is 0. The number of hydrogen-bond donors (Lipinski definition) is 1. The molecule has 0 bridgehead atoms. The first kappa shape index (κ1) is 14.5. The highest BCUT2D eigenvalue weighted by Crippen LogP contribution is 2.48. The molecule has 2 amide bonds. The zero-order valence-corrected chi connectivity index (χ0v) is 14.4. The monoisotopic (exact) mass is 351 g/mol. The van der Waals surface area contributed by atoms with E-state index < -0.39 is 5.54 Å². The van der Waals surface area contributed by atoms with E-state index in [0.29, 0.717) is 10.6 Å². The van der Waals surface area contributed by atoms with Gasteiger partial charge in [-0.3, -0.25) is 9.36 Å². The van der Waals surface area contributed by atoms with E-state index in [4.69, 9.17) is 11.6 Å². The van der Waals surface area contributed by atoms with E-state index in [1.165, 1.54) is 0 Å². The summed E-state index contributed by atoms with van der Waals surface area (Å²) < 4.78 is 1.61. The number of nitrogens with zero attached hydrogens (tertiary/aromatic N) is 2. The van der Waals surface area contributed by atoms with Gasteiger partial charge in [0.2, 0.25) is 0 Å². The molecule has 5 rings (SSSR count). The lowest BCUT2D eigenvalue weighted by molar-refractivity contribution is -0.122. The van der Waals surface area contributed by atoms with E-state index in [0.717, 1.165) is 27.8 Å². The third kappa shape index (κ3) is 1.54. The van der Waals surface area contributed by atoms with Crippen molar-refractivity contribution in [3.05, 3.63) is 64.3 Å². The molecule has 2 aliphatic heterocycles. The van der Waals surface area contributed by atoms with E-state index in [1.807, 2.05) is 43.3 Å². The van der Waals surface area contributed by atoms with Crippen molar-refractivity contribution in [3.8, 4) is 0 Å².